The molecule has 2 rings (SSSR count). The van der Waals surface area contributed by atoms with Crippen LogP contribution in [0.3, 0.4) is 0 Å². The lowest BCUT2D eigenvalue weighted by molar-refractivity contribution is 1.13. The molecule has 0 saturated carbocycles. The van der Waals surface area contributed by atoms with Crippen LogP contribution < -0.4 is 4.90 Å². The molecule has 84 valence electrons. The number of H-pyrrole nitrogens is 1. The zero-order valence-corrected chi connectivity index (χ0v) is 11.2. The Hall–Kier alpha value is -1.13. The number of hydrogen-bond donors (Lipinski definition) is 1. The largest absolute Gasteiger partial charge is 0.378 e. The van der Waals surface area contributed by atoms with Gasteiger partial charge in [-0.3, -0.25) is 0 Å². The molecular formula is C12H14N2S2. The summed E-state index contributed by atoms with van der Waals surface area (Å²) < 4.78 is 0.837. The van der Waals surface area contributed by atoms with E-state index in [9.17, 15) is 0 Å². The molecule has 1 aromatic carbocycles. The highest BCUT2D eigenvalue weighted by atomic mass is 32.1. The Morgan fingerprint density at radius 3 is 2.25 bits per heavy atom. The van der Waals surface area contributed by atoms with Crippen LogP contribution >= 0.6 is 23.6 Å². The minimum atomic E-state index is 0.837. The molecule has 1 heterocycles. The van der Waals surface area contributed by atoms with Crippen LogP contribution in [0.25, 0.3) is 10.4 Å². The Kier molecular flexibility index (Phi) is 3.12. The number of aromatic amines is 1. The number of aromatic nitrogens is 1. The summed E-state index contributed by atoms with van der Waals surface area (Å²) in [5.41, 5.74) is 3.58. The highest BCUT2D eigenvalue weighted by Gasteiger charge is 2.05. The van der Waals surface area contributed by atoms with Crippen molar-refractivity contribution in [2.75, 3.05) is 19.0 Å². The average molecular weight is 250 g/mol. The maximum atomic E-state index is 5.14. The summed E-state index contributed by atoms with van der Waals surface area (Å²) >= 11 is 6.77. The second-order valence-corrected chi connectivity index (χ2v) is 5.60. The molecule has 0 aliphatic rings. The fraction of sp³-hybridized carbons (Fsp3) is 0.250. The Bertz CT molecular complexity index is 535. The SMILES string of the molecule is Cc1[nH]c(=S)sc1-c1ccc(N(C)C)cc1. The minimum Gasteiger partial charge on any atom is -0.378 e. The van der Waals surface area contributed by atoms with E-state index in [1.807, 2.05) is 14.1 Å². The molecule has 0 saturated heterocycles. The van der Waals surface area contributed by atoms with E-state index in [2.05, 4.69) is 41.1 Å². The fourth-order valence-corrected chi connectivity index (χ4v) is 2.84. The van der Waals surface area contributed by atoms with Crippen molar-refractivity contribution >= 4 is 29.2 Å². The lowest BCUT2D eigenvalue weighted by atomic mass is 10.1. The van der Waals surface area contributed by atoms with Gasteiger partial charge in [-0.1, -0.05) is 12.1 Å². The molecule has 0 radical (unpaired) electrons. The second-order valence-electron chi connectivity index (χ2n) is 3.91. The van der Waals surface area contributed by atoms with Crippen LogP contribution in [0.5, 0.6) is 0 Å². The smallest absolute Gasteiger partial charge is 0.159 e. The van der Waals surface area contributed by atoms with Gasteiger partial charge in [0.25, 0.3) is 0 Å². The van der Waals surface area contributed by atoms with Crippen LogP contribution in [0.2, 0.25) is 0 Å². The van der Waals surface area contributed by atoms with E-state index in [0.717, 1.165) is 9.65 Å². The van der Waals surface area contributed by atoms with E-state index in [1.165, 1.54) is 16.1 Å². The van der Waals surface area contributed by atoms with Gasteiger partial charge in [0.2, 0.25) is 0 Å². The third-order valence-electron chi connectivity index (χ3n) is 2.47. The maximum absolute atomic E-state index is 5.14. The van der Waals surface area contributed by atoms with Crippen molar-refractivity contribution in [1.29, 1.82) is 0 Å². The summed E-state index contributed by atoms with van der Waals surface area (Å²) in [7, 11) is 4.08. The predicted octanol–water partition coefficient (Wildman–Crippen LogP) is 3.85. The van der Waals surface area contributed by atoms with Crippen molar-refractivity contribution in [2.45, 2.75) is 6.92 Å². The molecule has 0 bridgehead atoms. The normalized spacial score (nSPS) is 10.4. The third-order valence-corrected chi connectivity index (χ3v) is 3.86. The van der Waals surface area contributed by atoms with Gasteiger partial charge in [0.15, 0.2) is 3.95 Å². The number of nitrogens with zero attached hydrogens (tertiary/aromatic N) is 1. The van der Waals surface area contributed by atoms with Gasteiger partial charge in [-0.15, -0.1) is 11.3 Å². The molecule has 0 fully saturated rings. The van der Waals surface area contributed by atoms with Gasteiger partial charge in [-0.2, -0.15) is 0 Å². The van der Waals surface area contributed by atoms with Gasteiger partial charge in [0.05, 0.1) is 4.88 Å². The van der Waals surface area contributed by atoms with Gasteiger partial charge in [0, 0.05) is 25.5 Å². The second kappa shape index (κ2) is 4.39. The Morgan fingerprint density at radius 1 is 1.19 bits per heavy atom. The van der Waals surface area contributed by atoms with E-state index in [0.29, 0.717) is 0 Å². The summed E-state index contributed by atoms with van der Waals surface area (Å²) in [5.74, 6) is 0. The van der Waals surface area contributed by atoms with E-state index in [-0.39, 0.29) is 0 Å². The quantitative estimate of drug-likeness (QED) is 0.816. The number of aryl methyl sites for hydroxylation is 1. The molecule has 1 N–H and O–H groups in total. The van der Waals surface area contributed by atoms with E-state index in [1.54, 1.807) is 11.3 Å². The monoisotopic (exact) mass is 250 g/mol. The van der Waals surface area contributed by atoms with Gasteiger partial charge in [0.1, 0.15) is 0 Å². The van der Waals surface area contributed by atoms with Gasteiger partial charge in [-0.05, 0) is 36.8 Å². The number of thiazole rings is 1. The van der Waals surface area contributed by atoms with Crippen LogP contribution in [0.1, 0.15) is 5.69 Å². The molecule has 0 amide bonds. The Balaban J connectivity index is 2.42. The summed E-state index contributed by atoms with van der Waals surface area (Å²) in [6, 6.07) is 8.52. The van der Waals surface area contributed by atoms with Gasteiger partial charge >= 0.3 is 0 Å². The molecule has 0 aliphatic heterocycles. The predicted molar refractivity (Wildman–Crippen MR) is 74.0 cm³/mol. The van der Waals surface area contributed by atoms with Crippen molar-refractivity contribution < 1.29 is 0 Å². The summed E-state index contributed by atoms with van der Waals surface area (Å²) in [6.45, 7) is 2.06. The molecule has 16 heavy (non-hydrogen) atoms. The zero-order chi connectivity index (χ0) is 11.7. The number of benzene rings is 1. The first-order valence-corrected chi connectivity index (χ1v) is 6.28. The number of rotatable bonds is 2. The third kappa shape index (κ3) is 2.18. The molecule has 0 spiro atoms. The highest BCUT2D eigenvalue weighted by molar-refractivity contribution is 7.73. The van der Waals surface area contributed by atoms with Crippen molar-refractivity contribution in [3.8, 4) is 10.4 Å². The molecule has 0 unspecified atom stereocenters. The fourth-order valence-electron chi connectivity index (χ4n) is 1.59. The maximum Gasteiger partial charge on any atom is 0.159 e. The Morgan fingerprint density at radius 2 is 1.81 bits per heavy atom. The molecule has 0 aliphatic carbocycles. The van der Waals surface area contributed by atoms with Crippen LogP contribution in [-0.2, 0) is 0 Å². The first-order valence-electron chi connectivity index (χ1n) is 5.05. The summed E-state index contributed by atoms with van der Waals surface area (Å²) in [5, 5.41) is 0. The van der Waals surface area contributed by atoms with Crippen LogP contribution in [-0.4, -0.2) is 19.1 Å². The lowest BCUT2D eigenvalue weighted by Gasteiger charge is -2.12. The zero-order valence-electron chi connectivity index (χ0n) is 9.57. The van der Waals surface area contributed by atoms with Crippen LogP contribution in [0, 0.1) is 10.9 Å². The van der Waals surface area contributed by atoms with Gasteiger partial charge < -0.3 is 9.88 Å². The first-order chi connectivity index (χ1) is 7.58. The van der Waals surface area contributed by atoms with Crippen LogP contribution in [0.15, 0.2) is 24.3 Å². The Labute approximate surface area is 105 Å². The molecule has 0 atom stereocenters. The summed E-state index contributed by atoms with van der Waals surface area (Å²) in [6.07, 6.45) is 0. The van der Waals surface area contributed by atoms with E-state index >= 15 is 0 Å². The number of nitrogens with one attached hydrogen (secondary N) is 1. The minimum absolute atomic E-state index is 0.837. The van der Waals surface area contributed by atoms with E-state index < -0.39 is 0 Å². The number of hydrogen-bond acceptors (Lipinski definition) is 3. The molecular weight excluding hydrogens is 236 g/mol. The van der Waals surface area contributed by atoms with E-state index in [4.69, 9.17) is 12.2 Å². The number of anilines is 1. The van der Waals surface area contributed by atoms with Crippen molar-refractivity contribution in [1.82, 2.24) is 4.98 Å². The highest BCUT2D eigenvalue weighted by Crippen LogP contribution is 2.29. The van der Waals surface area contributed by atoms with Gasteiger partial charge in [-0.25, -0.2) is 0 Å². The first kappa shape index (κ1) is 11.4. The molecule has 2 nitrogen and oxygen atoms in total. The van der Waals surface area contributed by atoms with Crippen molar-refractivity contribution in [3.63, 3.8) is 0 Å². The summed E-state index contributed by atoms with van der Waals surface area (Å²) in [4.78, 5) is 6.49. The lowest BCUT2D eigenvalue weighted by Crippen LogP contribution is -2.07. The van der Waals surface area contributed by atoms with Crippen molar-refractivity contribution in [3.05, 3.63) is 33.9 Å². The molecule has 1 aromatic heterocycles. The molecule has 2 aromatic rings. The molecule has 4 heteroatoms. The average Bonchev–Trinajstić information content (AvgIpc) is 2.58. The topological polar surface area (TPSA) is 19.0 Å². The van der Waals surface area contributed by atoms with Crippen molar-refractivity contribution in [2.24, 2.45) is 0 Å². The van der Waals surface area contributed by atoms with Crippen LogP contribution in [0.4, 0.5) is 5.69 Å². The standard InChI is InChI=1S/C12H14N2S2/c1-8-11(16-12(15)13-8)9-4-6-10(7-5-9)14(2)3/h4-7H,1-3H3,(H,13,15).